The number of hydrogen-bond donors (Lipinski definition) is 4. The molecule has 3 aromatic rings. The first-order valence-corrected chi connectivity index (χ1v) is 10.7. The normalized spacial score (nSPS) is 13.0. The van der Waals surface area contributed by atoms with Crippen LogP contribution in [0.4, 0.5) is 4.79 Å². The predicted molar refractivity (Wildman–Crippen MR) is 121 cm³/mol. The van der Waals surface area contributed by atoms with Gasteiger partial charge in [0.2, 0.25) is 0 Å². The van der Waals surface area contributed by atoms with Gasteiger partial charge in [0.15, 0.2) is 6.10 Å². The number of nitrogens with one attached hydrogen (secondary N) is 2. The molecular formula is C24H24N4O6. The summed E-state index contributed by atoms with van der Waals surface area (Å²) in [5.74, 6) is -2.08. The summed E-state index contributed by atoms with van der Waals surface area (Å²) < 4.78 is 6.79. The smallest absolute Gasteiger partial charge is 0.407 e. The van der Waals surface area contributed by atoms with Gasteiger partial charge in [-0.25, -0.2) is 9.59 Å². The van der Waals surface area contributed by atoms with E-state index in [1.54, 1.807) is 7.05 Å². The minimum atomic E-state index is -1.70. The first kappa shape index (κ1) is 23.0. The zero-order valence-electron chi connectivity index (χ0n) is 18.4. The highest BCUT2D eigenvalue weighted by molar-refractivity contribution is 5.93. The average Bonchev–Trinajstić information content (AvgIpc) is 3.37. The van der Waals surface area contributed by atoms with E-state index in [4.69, 9.17) is 9.84 Å². The lowest BCUT2D eigenvalue weighted by Crippen LogP contribution is -2.37. The summed E-state index contributed by atoms with van der Waals surface area (Å²) in [6, 6.07) is 17.6. The van der Waals surface area contributed by atoms with Crippen LogP contribution < -0.4 is 10.6 Å². The van der Waals surface area contributed by atoms with E-state index in [0.717, 1.165) is 22.3 Å². The van der Waals surface area contributed by atoms with Crippen molar-refractivity contribution in [3.05, 3.63) is 77.1 Å². The van der Waals surface area contributed by atoms with E-state index in [2.05, 4.69) is 27.9 Å². The summed E-state index contributed by atoms with van der Waals surface area (Å²) >= 11 is 0. The summed E-state index contributed by atoms with van der Waals surface area (Å²) in [4.78, 5) is 35.2. The number of carbonyl (C=O) groups excluding carboxylic acids is 2. The first-order chi connectivity index (χ1) is 16.3. The number of aliphatic hydroxyl groups excluding tert-OH is 1. The number of alkyl carbamates (subject to hydrolysis) is 1. The standard InChI is InChI=1S/C24H24N4O6/c1-28-20(22(30)25-12-21(29)23(31)32)10-14(27-28)11-26-24(33)34-13-19-17-8-4-2-6-15(17)16-7-3-5-9-18(16)19/h2-10,19,21,29H,11-13H2,1H3,(H,25,30)(H,26,33)(H,31,32)/t21-/m0/s1. The van der Waals surface area contributed by atoms with E-state index in [1.165, 1.54) is 10.7 Å². The van der Waals surface area contributed by atoms with Crippen LogP contribution in [-0.2, 0) is 23.1 Å². The Hall–Kier alpha value is -4.18. The predicted octanol–water partition coefficient (Wildman–Crippen LogP) is 1.63. The number of aliphatic carboxylic acids is 1. The molecule has 0 radical (unpaired) electrons. The number of carboxylic acids is 1. The third-order valence-electron chi connectivity index (χ3n) is 5.66. The van der Waals surface area contributed by atoms with Gasteiger partial charge in [0.1, 0.15) is 12.3 Å². The first-order valence-electron chi connectivity index (χ1n) is 10.7. The third kappa shape index (κ3) is 4.76. The van der Waals surface area contributed by atoms with E-state index in [0.29, 0.717) is 5.69 Å². The Morgan fingerprint density at radius 3 is 2.29 bits per heavy atom. The maximum atomic E-state index is 12.3. The molecular weight excluding hydrogens is 440 g/mol. The molecule has 0 bridgehead atoms. The molecule has 2 aromatic carbocycles. The Morgan fingerprint density at radius 1 is 1.06 bits per heavy atom. The number of benzene rings is 2. The van der Waals surface area contributed by atoms with Crippen LogP contribution in [0.3, 0.4) is 0 Å². The van der Waals surface area contributed by atoms with Crippen molar-refractivity contribution in [1.82, 2.24) is 20.4 Å². The number of hydrogen-bond acceptors (Lipinski definition) is 6. The molecule has 4 rings (SSSR count). The quantitative estimate of drug-likeness (QED) is 0.397. The second-order valence-corrected chi connectivity index (χ2v) is 7.89. The Balaban J connectivity index is 1.32. The maximum Gasteiger partial charge on any atom is 0.407 e. The number of carbonyl (C=O) groups is 3. The lowest BCUT2D eigenvalue weighted by atomic mass is 9.98. The molecule has 0 fully saturated rings. The minimum Gasteiger partial charge on any atom is -0.479 e. The van der Waals surface area contributed by atoms with Gasteiger partial charge in [0.05, 0.1) is 18.8 Å². The highest BCUT2D eigenvalue weighted by Gasteiger charge is 2.29. The van der Waals surface area contributed by atoms with Gasteiger partial charge in [0, 0.05) is 13.0 Å². The van der Waals surface area contributed by atoms with Gasteiger partial charge in [-0.3, -0.25) is 9.48 Å². The van der Waals surface area contributed by atoms with Crippen molar-refractivity contribution >= 4 is 18.0 Å². The van der Waals surface area contributed by atoms with E-state index in [9.17, 15) is 19.5 Å². The molecule has 0 saturated carbocycles. The number of aliphatic hydroxyl groups is 1. The van der Waals surface area contributed by atoms with Gasteiger partial charge in [-0.1, -0.05) is 48.5 Å². The Bertz CT molecular complexity index is 1190. The van der Waals surface area contributed by atoms with Crippen molar-refractivity contribution < 1.29 is 29.3 Å². The SMILES string of the molecule is Cn1nc(CNC(=O)OCC2c3ccccc3-c3ccccc32)cc1C(=O)NC[C@H](O)C(=O)O. The Morgan fingerprint density at radius 2 is 1.68 bits per heavy atom. The molecule has 0 saturated heterocycles. The van der Waals surface area contributed by atoms with Crippen molar-refractivity contribution in [2.45, 2.75) is 18.6 Å². The van der Waals surface area contributed by atoms with Gasteiger partial charge >= 0.3 is 12.1 Å². The van der Waals surface area contributed by atoms with Crippen molar-refractivity contribution in [2.75, 3.05) is 13.2 Å². The Kier molecular flexibility index (Phi) is 6.60. The van der Waals surface area contributed by atoms with Crippen LogP contribution in [0.25, 0.3) is 11.1 Å². The molecule has 2 amide bonds. The van der Waals surface area contributed by atoms with E-state index >= 15 is 0 Å². The molecule has 4 N–H and O–H groups in total. The van der Waals surface area contributed by atoms with Crippen LogP contribution in [-0.4, -0.2) is 57.2 Å². The number of amides is 2. The van der Waals surface area contributed by atoms with Gasteiger partial charge in [-0.2, -0.15) is 5.10 Å². The molecule has 10 nitrogen and oxygen atoms in total. The third-order valence-corrected chi connectivity index (χ3v) is 5.66. The largest absolute Gasteiger partial charge is 0.479 e. The van der Waals surface area contributed by atoms with Gasteiger partial charge < -0.3 is 25.6 Å². The topological polar surface area (TPSA) is 143 Å². The molecule has 1 aliphatic carbocycles. The lowest BCUT2D eigenvalue weighted by Gasteiger charge is -2.14. The van der Waals surface area contributed by atoms with Crippen LogP contribution in [0, 0.1) is 0 Å². The number of rotatable bonds is 8. The molecule has 1 heterocycles. The van der Waals surface area contributed by atoms with Crippen molar-refractivity contribution in [3.63, 3.8) is 0 Å². The van der Waals surface area contributed by atoms with Crippen molar-refractivity contribution in [1.29, 1.82) is 0 Å². The van der Waals surface area contributed by atoms with Crippen molar-refractivity contribution in [3.8, 4) is 11.1 Å². The Labute approximate surface area is 195 Å². The molecule has 1 atom stereocenters. The van der Waals surface area contributed by atoms with E-state index in [-0.39, 0.29) is 24.8 Å². The summed E-state index contributed by atoms with van der Waals surface area (Å²) in [5, 5.41) is 27.1. The van der Waals surface area contributed by atoms with Crippen LogP contribution >= 0.6 is 0 Å². The number of aromatic nitrogens is 2. The fourth-order valence-electron chi connectivity index (χ4n) is 4.00. The van der Waals surface area contributed by atoms with Crippen LogP contribution in [0.2, 0.25) is 0 Å². The van der Waals surface area contributed by atoms with Crippen molar-refractivity contribution in [2.24, 2.45) is 7.05 Å². The van der Waals surface area contributed by atoms with Gasteiger partial charge in [0.25, 0.3) is 5.91 Å². The minimum absolute atomic E-state index is 0.0372. The van der Waals surface area contributed by atoms with E-state index in [1.807, 2.05) is 36.4 Å². The number of carboxylic acid groups (broad SMARTS) is 1. The zero-order chi connectivity index (χ0) is 24.2. The molecule has 1 aliphatic rings. The number of aryl methyl sites for hydroxylation is 1. The fourth-order valence-corrected chi connectivity index (χ4v) is 4.00. The molecule has 1 aromatic heterocycles. The molecule has 0 unspecified atom stereocenters. The summed E-state index contributed by atoms with van der Waals surface area (Å²) in [5.41, 5.74) is 5.08. The van der Waals surface area contributed by atoms with Crippen LogP contribution in [0.1, 0.15) is 33.2 Å². The molecule has 0 spiro atoms. The highest BCUT2D eigenvalue weighted by atomic mass is 16.5. The monoisotopic (exact) mass is 464 g/mol. The number of fused-ring (bicyclic) bond motifs is 3. The van der Waals surface area contributed by atoms with Gasteiger partial charge in [-0.05, 0) is 28.3 Å². The summed E-state index contributed by atoms with van der Waals surface area (Å²) in [6.45, 7) is -0.218. The fraction of sp³-hybridized carbons (Fsp3) is 0.250. The lowest BCUT2D eigenvalue weighted by molar-refractivity contribution is -0.146. The van der Waals surface area contributed by atoms with Gasteiger partial charge in [-0.15, -0.1) is 0 Å². The van der Waals surface area contributed by atoms with Crippen LogP contribution in [0.15, 0.2) is 54.6 Å². The van der Waals surface area contributed by atoms with Crippen LogP contribution in [0.5, 0.6) is 0 Å². The second-order valence-electron chi connectivity index (χ2n) is 7.89. The average molecular weight is 464 g/mol. The zero-order valence-corrected chi connectivity index (χ0v) is 18.4. The molecule has 34 heavy (non-hydrogen) atoms. The molecule has 176 valence electrons. The summed E-state index contributed by atoms with van der Waals surface area (Å²) in [6.07, 6.45) is -2.31. The second kappa shape index (κ2) is 9.75. The molecule has 0 aliphatic heterocycles. The number of nitrogens with zero attached hydrogens (tertiary/aromatic N) is 2. The molecule has 10 heteroatoms. The van der Waals surface area contributed by atoms with E-state index < -0.39 is 30.6 Å². The summed E-state index contributed by atoms with van der Waals surface area (Å²) in [7, 11) is 1.54. The highest BCUT2D eigenvalue weighted by Crippen LogP contribution is 2.44. The number of ether oxygens (including phenoxy) is 1. The maximum absolute atomic E-state index is 12.3.